The Balaban J connectivity index is 2.20. The van der Waals surface area contributed by atoms with E-state index in [-0.39, 0.29) is 0 Å². The zero-order valence-electron chi connectivity index (χ0n) is 13.1. The molecule has 20 heavy (non-hydrogen) atoms. The summed E-state index contributed by atoms with van der Waals surface area (Å²) in [6, 6.07) is 2.51. The molecule has 112 valence electrons. The first-order chi connectivity index (χ1) is 9.51. The number of rotatable bonds is 4. The zero-order chi connectivity index (χ0) is 14.7. The minimum Gasteiger partial charge on any atom is -0.357 e. The smallest absolute Gasteiger partial charge is 0.145 e. The molecule has 1 aromatic heterocycles. The number of nitrogens with one attached hydrogen (secondary N) is 1. The van der Waals surface area contributed by atoms with Crippen molar-refractivity contribution in [3.8, 4) is 0 Å². The number of hydrogen-bond acceptors (Lipinski definition) is 5. The molecule has 3 N–H and O–H groups in total. The molecule has 1 fully saturated rings. The van der Waals surface area contributed by atoms with Crippen molar-refractivity contribution in [2.24, 2.45) is 11.8 Å². The Kier molecular flexibility index (Phi) is 4.81. The Morgan fingerprint density at radius 3 is 2.45 bits per heavy atom. The maximum absolute atomic E-state index is 5.53. The van der Waals surface area contributed by atoms with E-state index in [1.165, 1.54) is 25.7 Å². The van der Waals surface area contributed by atoms with Gasteiger partial charge in [-0.1, -0.05) is 20.8 Å². The standard InChI is InChI=1S/C15H27N5/c1-10(2)15-17-13(19-16)9-14(18-15)20(4)12-7-5-11(3)6-8-12/h9-12H,5-8,16H2,1-4H3,(H,17,18,19). The maximum atomic E-state index is 5.53. The lowest BCUT2D eigenvalue weighted by Gasteiger charge is -2.34. The molecular weight excluding hydrogens is 250 g/mol. The molecule has 0 atom stereocenters. The minimum atomic E-state index is 0.293. The Morgan fingerprint density at radius 2 is 1.90 bits per heavy atom. The van der Waals surface area contributed by atoms with Crippen molar-refractivity contribution in [1.29, 1.82) is 0 Å². The Bertz CT molecular complexity index is 438. The third kappa shape index (κ3) is 3.39. The molecule has 5 nitrogen and oxygen atoms in total. The molecule has 0 radical (unpaired) electrons. The van der Waals surface area contributed by atoms with E-state index in [1.54, 1.807) is 0 Å². The SMILES string of the molecule is CC1CCC(N(C)c2cc(NN)nc(C(C)C)n2)CC1. The van der Waals surface area contributed by atoms with E-state index in [0.717, 1.165) is 17.6 Å². The van der Waals surface area contributed by atoms with E-state index < -0.39 is 0 Å². The summed E-state index contributed by atoms with van der Waals surface area (Å²) in [6.45, 7) is 6.54. The van der Waals surface area contributed by atoms with Gasteiger partial charge in [-0.2, -0.15) is 0 Å². The van der Waals surface area contributed by atoms with Crippen LogP contribution in [0.1, 0.15) is 58.2 Å². The van der Waals surface area contributed by atoms with Gasteiger partial charge in [0.25, 0.3) is 0 Å². The van der Waals surface area contributed by atoms with Gasteiger partial charge in [-0.05, 0) is 31.6 Å². The topological polar surface area (TPSA) is 67.1 Å². The molecule has 1 saturated carbocycles. The Morgan fingerprint density at radius 1 is 1.25 bits per heavy atom. The summed E-state index contributed by atoms with van der Waals surface area (Å²) in [6.07, 6.45) is 5.09. The number of nitrogens with zero attached hydrogens (tertiary/aromatic N) is 3. The van der Waals surface area contributed by atoms with Gasteiger partial charge in [0.2, 0.25) is 0 Å². The summed E-state index contributed by atoms with van der Waals surface area (Å²) in [4.78, 5) is 11.4. The van der Waals surface area contributed by atoms with E-state index in [4.69, 9.17) is 10.8 Å². The minimum absolute atomic E-state index is 0.293. The maximum Gasteiger partial charge on any atom is 0.145 e. The van der Waals surface area contributed by atoms with Crippen molar-refractivity contribution in [2.75, 3.05) is 17.4 Å². The second-order valence-corrected chi connectivity index (χ2v) is 6.29. The Labute approximate surface area is 121 Å². The van der Waals surface area contributed by atoms with Crippen LogP contribution in [0.2, 0.25) is 0 Å². The molecule has 1 heterocycles. The number of nitrogen functional groups attached to an aromatic ring is 1. The number of nitrogens with two attached hydrogens (primary N) is 1. The van der Waals surface area contributed by atoms with Crippen molar-refractivity contribution in [3.05, 3.63) is 11.9 Å². The lowest BCUT2D eigenvalue weighted by molar-refractivity contribution is 0.340. The molecule has 0 amide bonds. The number of hydrogen-bond donors (Lipinski definition) is 2. The summed E-state index contributed by atoms with van der Waals surface area (Å²) in [7, 11) is 2.13. The van der Waals surface area contributed by atoms with Crippen molar-refractivity contribution < 1.29 is 0 Å². The fourth-order valence-electron chi connectivity index (χ4n) is 2.78. The number of anilines is 2. The molecule has 2 rings (SSSR count). The quantitative estimate of drug-likeness (QED) is 0.654. The van der Waals surface area contributed by atoms with Gasteiger partial charge >= 0.3 is 0 Å². The van der Waals surface area contributed by atoms with Crippen molar-refractivity contribution in [3.63, 3.8) is 0 Å². The van der Waals surface area contributed by atoms with Crippen LogP contribution in [-0.2, 0) is 0 Å². The molecule has 0 aliphatic heterocycles. The summed E-state index contributed by atoms with van der Waals surface area (Å²) in [5.74, 6) is 9.18. The van der Waals surface area contributed by atoms with Gasteiger partial charge in [0, 0.05) is 25.1 Å². The highest BCUT2D eigenvalue weighted by molar-refractivity contribution is 5.49. The first kappa shape index (κ1) is 15.0. The average molecular weight is 277 g/mol. The van der Waals surface area contributed by atoms with Gasteiger partial charge in [-0.3, -0.25) is 0 Å². The van der Waals surface area contributed by atoms with Crippen LogP contribution in [0.25, 0.3) is 0 Å². The molecule has 0 saturated heterocycles. The van der Waals surface area contributed by atoms with Gasteiger partial charge < -0.3 is 10.3 Å². The van der Waals surface area contributed by atoms with Crippen molar-refractivity contribution in [1.82, 2.24) is 9.97 Å². The molecule has 0 unspecified atom stereocenters. The normalized spacial score (nSPS) is 22.9. The Hall–Kier alpha value is -1.36. The van der Waals surface area contributed by atoms with Crippen LogP contribution in [0.4, 0.5) is 11.6 Å². The molecule has 0 bridgehead atoms. The van der Waals surface area contributed by atoms with Crippen LogP contribution in [0.5, 0.6) is 0 Å². The molecule has 1 aliphatic rings. The number of hydrazine groups is 1. The molecular formula is C15H27N5. The van der Waals surface area contributed by atoms with Gasteiger partial charge in [-0.25, -0.2) is 15.8 Å². The van der Waals surface area contributed by atoms with Crippen molar-refractivity contribution in [2.45, 2.75) is 58.4 Å². The zero-order valence-corrected chi connectivity index (χ0v) is 13.1. The summed E-state index contributed by atoms with van der Waals surface area (Å²) >= 11 is 0. The fourth-order valence-corrected chi connectivity index (χ4v) is 2.78. The highest BCUT2D eigenvalue weighted by Gasteiger charge is 2.23. The van der Waals surface area contributed by atoms with Gasteiger partial charge in [-0.15, -0.1) is 0 Å². The number of aromatic nitrogens is 2. The van der Waals surface area contributed by atoms with Crippen molar-refractivity contribution >= 4 is 11.6 Å². The first-order valence-electron chi connectivity index (χ1n) is 7.59. The van der Waals surface area contributed by atoms with E-state index in [9.17, 15) is 0 Å². The molecule has 1 aliphatic carbocycles. The summed E-state index contributed by atoms with van der Waals surface area (Å²) in [5, 5.41) is 0. The highest BCUT2D eigenvalue weighted by atomic mass is 15.3. The summed E-state index contributed by atoms with van der Waals surface area (Å²) in [5.41, 5.74) is 2.65. The molecule has 5 heteroatoms. The van der Waals surface area contributed by atoms with Crippen LogP contribution < -0.4 is 16.2 Å². The highest BCUT2D eigenvalue weighted by Crippen LogP contribution is 2.29. The van der Waals surface area contributed by atoms with E-state index in [1.807, 2.05) is 6.07 Å². The van der Waals surface area contributed by atoms with Crippen LogP contribution >= 0.6 is 0 Å². The second-order valence-electron chi connectivity index (χ2n) is 6.29. The largest absolute Gasteiger partial charge is 0.357 e. The van der Waals surface area contributed by atoms with Crippen LogP contribution in [0.3, 0.4) is 0 Å². The van der Waals surface area contributed by atoms with Crippen LogP contribution in [0, 0.1) is 5.92 Å². The second kappa shape index (κ2) is 6.39. The van der Waals surface area contributed by atoms with E-state index >= 15 is 0 Å². The third-order valence-corrected chi connectivity index (χ3v) is 4.29. The predicted octanol–water partition coefficient (Wildman–Crippen LogP) is 2.90. The van der Waals surface area contributed by atoms with E-state index in [0.29, 0.717) is 17.8 Å². The monoisotopic (exact) mass is 277 g/mol. The van der Waals surface area contributed by atoms with Gasteiger partial charge in [0.1, 0.15) is 17.5 Å². The first-order valence-corrected chi connectivity index (χ1v) is 7.59. The average Bonchev–Trinajstić information content (AvgIpc) is 2.46. The van der Waals surface area contributed by atoms with Crippen LogP contribution in [-0.4, -0.2) is 23.1 Å². The molecule has 1 aromatic rings. The van der Waals surface area contributed by atoms with Crippen LogP contribution in [0.15, 0.2) is 6.07 Å². The van der Waals surface area contributed by atoms with Gasteiger partial charge in [0.05, 0.1) is 0 Å². The molecule has 0 spiro atoms. The third-order valence-electron chi connectivity index (χ3n) is 4.29. The summed E-state index contributed by atoms with van der Waals surface area (Å²) < 4.78 is 0. The molecule has 0 aromatic carbocycles. The lowest BCUT2D eigenvalue weighted by Crippen LogP contribution is -2.35. The van der Waals surface area contributed by atoms with E-state index in [2.05, 4.69) is 43.1 Å². The predicted molar refractivity (Wildman–Crippen MR) is 83.8 cm³/mol. The van der Waals surface area contributed by atoms with Gasteiger partial charge in [0.15, 0.2) is 0 Å². The lowest BCUT2D eigenvalue weighted by atomic mass is 9.87. The fraction of sp³-hybridized carbons (Fsp3) is 0.733.